The average molecular weight is 1200 g/mol. The third-order valence-electron chi connectivity index (χ3n) is 16.6. The van der Waals surface area contributed by atoms with Gasteiger partial charge in [0.15, 0.2) is 48.5 Å². The SMILES string of the molecule is CC1O[C@@H](OC2C(n3cc(-c4ccccc4)nn3)CC(CO[C@H]3OC(CO)[C@@H](O)C(n4cc(-c5cc(F)c(F)c(F)c5)nn4)C3O)C[C@H]2O[C@@H]2OC(CO)[C@H](O)C(O[C@@H](CC3CCCCC3)C(=O)O)C2OC(=O)c2ccccc2)C(O)C(O)[C@@H]1O. The van der Waals surface area contributed by atoms with Crippen molar-refractivity contribution < 1.29 is 107 Å². The van der Waals surface area contributed by atoms with Crippen molar-refractivity contribution in [3.63, 3.8) is 0 Å². The normalized spacial score (nSPS) is 34.2. The molecule has 5 aliphatic rings. The monoisotopic (exact) mass is 1200 g/mol. The van der Waals surface area contributed by atoms with E-state index in [1.54, 1.807) is 54.7 Å². The van der Waals surface area contributed by atoms with E-state index in [-0.39, 0.29) is 48.6 Å². The summed E-state index contributed by atoms with van der Waals surface area (Å²) in [5.74, 6) is -7.87. The van der Waals surface area contributed by atoms with Gasteiger partial charge in [-0.25, -0.2) is 32.1 Å². The second-order valence-corrected chi connectivity index (χ2v) is 22.3. The van der Waals surface area contributed by atoms with E-state index in [1.807, 2.05) is 0 Å². The largest absolute Gasteiger partial charge is 0.479 e. The number of aliphatic carboxylic acids is 1. The number of rotatable bonds is 20. The lowest BCUT2D eigenvalue weighted by molar-refractivity contribution is -0.350. The van der Waals surface area contributed by atoms with E-state index in [1.165, 1.54) is 23.7 Å². The average Bonchev–Trinajstić information content (AvgIpc) is 3.24. The molecule has 0 bridgehead atoms. The highest BCUT2D eigenvalue weighted by molar-refractivity contribution is 5.89. The molecule has 3 aromatic carbocycles. The molecule has 20 atom stereocenters. The van der Waals surface area contributed by atoms with E-state index >= 15 is 0 Å². The van der Waals surface area contributed by atoms with Crippen molar-refractivity contribution in [2.75, 3.05) is 19.8 Å². The van der Waals surface area contributed by atoms with Crippen LogP contribution in [-0.2, 0) is 42.7 Å². The molecule has 0 radical (unpaired) electrons. The number of nitrogens with zero attached hydrogens (tertiary/aromatic N) is 6. The molecule has 2 aromatic heterocycles. The minimum absolute atomic E-state index is 0.0182. The van der Waals surface area contributed by atoms with Crippen molar-refractivity contribution in [2.24, 2.45) is 11.8 Å². The van der Waals surface area contributed by atoms with Crippen molar-refractivity contribution >= 4 is 11.9 Å². The Morgan fingerprint density at radius 2 is 1.28 bits per heavy atom. The fourth-order valence-corrected chi connectivity index (χ4v) is 12.0. The highest BCUT2D eigenvalue weighted by Gasteiger charge is 2.55. The molecule has 0 spiro atoms. The van der Waals surface area contributed by atoms with Crippen LogP contribution in [0.2, 0.25) is 0 Å². The molecule has 0 amide bonds. The van der Waals surface area contributed by atoms with E-state index in [2.05, 4.69) is 20.6 Å². The Morgan fingerprint density at radius 1 is 0.659 bits per heavy atom. The third kappa shape index (κ3) is 13.8. The van der Waals surface area contributed by atoms with Gasteiger partial charge >= 0.3 is 11.9 Å². The van der Waals surface area contributed by atoms with Crippen LogP contribution in [0.3, 0.4) is 0 Å². The number of benzene rings is 3. The number of carbonyl (C=O) groups is 2. The maximum atomic E-state index is 14.3. The van der Waals surface area contributed by atoms with Crippen LogP contribution in [0.1, 0.15) is 80.7 Å². The van der Waals surface area contributed by atoms with Crippen molar-refractivity contribution in [3.05, 3.63) is 108 Å². The van der Waals surface area contributed by atoms with Crippen LogP contribution in [0.5, 0.6) is 0 Å². The zero-order valence-electron chi connectivity index (χ0n) is 45.9. The second-order valence-electron chi connectivity index (χ2n) is 22.3. The van der Waals surface area contributed by atoms with E-state index in [4.69, 9.17) is 37.9 Å². The molecule has 28 heteroatoms. The molecule has 5 heterocycles. The predicted molar refractivity (Wildman–Crippen MR) is 282 cm³/mol. The Hall–Kier alpha value is -5.93. The van der Waals surface area contributed by atoms with E-state index in [0.717, 1.165) is 43.0 Å². The zero-order valence-corrected chi connectivity index (χ0v) is 45.9. The lowest BCUT2D eigenvalue weighted by Crippen LogP contribution is -2.64. The molecule has 12 unspecified atom stereocenters. The van der Waals surface area contributed by atoms with Gasteiger partial charge in [0.2, 0.25) is 0 Å². The molecule has 5 aromatic rings. The molecular weight excluding hydrogens is 1130 g/mol. The van der Waals surface area contributed by atoms with E-state index in [9.17, 15) is 68.7 Å². The summed E-state index contributed by atoms with van der Waals surface area (Å²) < 4.78 is 95.6. The van der Waals surface area contributed by atoms with Crippen LogP contribution in [-0.4, -0.2) is 212 Å². The number of carboxylic acid groups (broad SMARTS) is 1. The van der Waals surface area contributed by atoms with E-state index in [0.29, 0.717) is 23.4 Å². The smallest absolute Gasteiger partial charge is 0.338 e. The van der Waals surface area contributed by atoms with Crippen molar-refractivity contribution in [3.8, 4) is 22.5 Å². The number of aliphatic hydroxyl groups is 8. The lowest BCUT2D eigenvalue weighted by atomic mass is 9.81. The Bertz CT molecular complexity index is 2980. The first kappa shape index (κ1) is 62.1. The number of carboxylic acids is 1. The fraction of sp³-hybridized carbons (Fsp3) is 0.579. The van der Waals surface area contributed by atoms with Gasteiger partial charge in [0.05, 0.1) is 56.0 Å². The summed E-state index contributed by atoms with van der Waals surface area (Å²) in [4.78, 5) is 27.3. The van der Waals surface area contributed by atoms with Gasteiger partial charge in [-0.3, -0.25) is 0 Å². The molecule has 2 aliphatic carbocycles. The van der Waals surface area contributed by atoms with Crippen LogP contribution in [0.15, 0.2) is 85.2 Å². The Balaban J connectivity index is 1.01. The summed E-state index contributed by atoms with van der Waals surface area (Å²) in [6.45, 7) is -0.590. The summed E-state index contributed by atoms with van der Waals surface area (Å²) in [6, 6.07) is 15.5. The van der Waals surface area contributed by atoms with Crippen LogP contribution in [0.25, 0.3) is 22.5 Å². The summed E-state index contributed by atoms with van der Waals surface area (Å²) in [6.07, 6.45) is -20.8. The van der Waals surface area contributed by atoms with Gasteiger partial charge in [-0.05, 0) is 62.3 Å². The van der Waals surface area contributed by atoms with Gasteiger partial charge in [-0.1, -0.05) is 91.1 Å². The van der Waals surface area contributed by atoms with Gasteiger partial charge in [0, 0.05) is 11.1 Å². The molecule has 5 fully saturated rings. The van der Waals surface area contributed by atoms with Gasteiger partial charge in [0.1, 0.15) is 78.5 Å². The first-order chi connectivity index (χ1) is 40.9. The first-order valence-corrected chi connectivity index (χ1v) is 28.3. The third-order valence-corrected chi connectivity index (χ3v) is 16.6. The summed E-state index contributed by atoms with van der Waals surface area (Å²) in [5.41, 5.74) is 0.689. The highest BCUT2D eigenvalue weighted by atomic mass is 19.2. The number of hydrogen-bond donors (Lipinski definition) is 9. The first-order valence-electron chi connectivity index (χ1n) is 28.3. The standard InChI is InChI=1S/C57H69F3N6O19/c1-27-44(69)48(73)49(74)56(79-27)85-50-37(65-22-35(61-63-65)30-13-7-3-8-14-30)17-29(26-78-55-47(72)43(45(70)40(24-67)82-55)66-23-36(62-64-66)32-20-33(58)42(60)34(59)21-32)19-38(50)81-57-52(84-54(77)31-15-9-4-10-16-31)51(46(71)41(25-68)83-57)80-39(53(75)76)18-28-11-5-2-6-12-28/h3-4,7-10,13-16,20-23,27-29,37-41,43-52,55-57,67-74H,2,5-6,11-12,17-19,24-26H2,1H3,(H,75,76)/t27?,29?,37?,38-,39+,40?,41?,43?,44-,45-,46+,47?,48?,49?,50?,51?,52?,55+,56+,57-/m1/s1. The maximum Gasteiger partial charge on any atom is 0.338 e. The summed E-state index contributed by atoms with van der Waals surface area (Å²) >= 11 is 0. The minimum atomic E-state index is -1.87. The molecule has 25 nitrogen and oxygen atoms in total. The van der Waals surface area contributed by atoms with Crippen LogP contribution in [0, 0.1) is 29.3 Å². The lowest BCUT2D eigenvalue weighted by Gasteiger charge is -2.49. The minimum Gasteiger partial charge on any atom is -0.479 e. The summed E-state index contributed by atoms with van der Waals surface area (Å²) in [5, 5.41) is 117. The summed E-state index contributed by atoms with van der Waals surface area (Å²) in [7, 11) is 0. The maximum absolute atomic E-state index is 14.3. The fourth-order valence-electron chi connectivity index (χ4n) is 12.0. The molecule has 462 valence electrons. The number of carbonyl (C=O) groups excluding carboxylic acids is 1. The molecule has 3 aliphatic heterocycles. The zero-order chi connectivity index (χ0) is 60.2. The number of esters is 1. The van der Waals surface area contributed by atoms with Crippen molar-refractivity contribution in [1.29, 1.82) is 0 Å². The molecule has 85 heavy (non-hydrogen) atoms. The molecular formula is C57H69F3N6O19. The van der Waals surface area contributed by atoms with Gasteiger partial charge in [-0.15, -0.1) is 10.2 Å². The Kier molecular flexibility index (Phi) is 20.0. The molecule has 9 N–H and O–H groups in total. The Morgan fingerprint density at radius 3 is 1.95 bits per heavy atom. The number of aromatic nitrogens is 6. The highest BCUT2D eigenvalue weighted by Crippen LogP contribution is 2.43. The second kappa shape index (κ2) is 27.4. The van der Waals surface area contributed by atoms with Gasteiger partial charge < -0.3 is 83.9 Å². The van der Waals surface area contributed by atoms with Crippen LogP contribution < -0.4 is 0 Å². The van der Waals surface area contributed by atoms with Crippen molar-refractivity contribution in [2.45, 2.75) is 175 Å². The number of ether oxygens (including phenoxy) is 8. The van der Waals surface area contributed by atoms with Crippen molar-refractivity contribution in [1.82, 2.24) is 30.0 Å². The number of hydrogen-bond acceptors (Lipinski definition) is 22. The molecule has 3 saturated heterocycles. The number of halogens is 3. The van der Waals surface area contributed by atoms with Gasteiger partial charge in [0.25, 0.3) is 0 Å². The molecule has 2 saturated carbocycles. The van der Waals surface area contributed by atoms with Crippen LogP contribution >= 0.6 is 0 Å². The topological polar surface area (TPSA) is 351 Å². The van der Waals surface area contributed by atoms with Crippen LogP contribution in [0.4, 0.5) is 13.2 Å². The molecule has 10 rings (SSSR count). The van der Waals surface area contributed by atoms with Gasteiger partial charge in [-0.2, -0.15) is 0 Å². The Labute approximate surface area is 484 Å². The van der Waals surface area contributed by atoms with E-state index < -0.39 is 165 Å². The predicted octanol–water partition coefficient (Wildman–Crippen LogP) is 1.98. The number of aliphatic hydroxyl groups excluding tert-OH is 8. The quantitative estimate of drug-likeness (QED) is 0.0397.